The van der Waals surface area contributed by atoms with Crippen molar-refractivity contribution in [2.24, 2.45) is 0 Å². The lowest BCUT2D eigenvalue weighted by Crippen LogP contribution is -2.03. The highest BCUT2D eigenvalue weighted by Crippen LogP contribution is 2.23. The molecule has 0 N–H and O–H groups in total. The molecule has 1 unspecified atom stereocenters. The second kappa shape index (κ2) is 5.27. The first-order valence-corrected chi connectivity index (χ1v) is 5.27. The van der Waals surface area contributed by atoms with Crippen molar-refractivity contribution in [1.82, 2.24) is 4.98 Å². The molecule has 3 heteroatoms. The largest absolute Gasteiger partial charge is 0.371 e. The minimum Gasteiger partial charge on any atom is -0.371 e. The van der Waals surface area contributed by atoms with Crippen molar-refractivity contribution in [3.63, 3.8) is 0 Å². The average Bonchev–Trinajstić information content (AvgIpc) is 2.56. The summed E-state index contributed by atoms with van der Waals surface area (Å²) in [5.41, 5.74) is 0. The highest BCUT2D eigenvalue weighted by atomic mass is 32.1. The van der Waals surface area contributed by atoms with E-state index in [0.717, 1.165) is 24.5 Å². The van der Waals surface area contributed by atoms with E-state index in [1.54, 1.807) is 11.3 Å². The summed E-state index contributed by atoms with van der Waals surface area (Å²) in [6.45, 7) is 4.96. The second-order valence-corrected chi connectivity index (χ2v) is 3.53. The van der Waals surface area contributed by atoms with Crippen LogP contribution < -0.4 is 0 Å². The average molecular weight is 185 g/mol. The van der Waals surface area contributed by atoms with Crippen LogP contribution in [0, 0.1) is 0 Å². The van der Waals surface area contributed by atoms with E-state index in [4.69, 9.17) is 4.74 Å². The summed E-state index contributed by atoms with van der Waals surface area (Å²) < 4.78 is 5.57. The zero-order chi connectivity index (χ0) is 8.81. The summed E-state index contributed by atoms with van der Waals surface area (Å²) in [6.07, 6.45) is 4.27. The van der Waals surface area contributed by atoms with Crippen LogP contribution in [0.1, 0.15) is 37.8 Å². The lowest BCUT2D eigenvalue weighted by atomic mass is 10.2. The number of thiazole rings is 1. The summed E-state index contributed by atoms with van der Waals surface area (Å²) in [6, 6.07) is 0. The van der Waals surface area contributed by atoms with Crippen LogP contribution >= 0.6 is 11.3 Å². The van der Waals surface area contributed by atoms with Crippen molar-refractivity contribution < 1.29 is 4.74 Å². The molecule has 1 rings (SSSR count). The minimum absolute atomic E-state index is 0.222. The quantitative estimate of drug-likeness (QED) is 0.703. The topological polar surface area (TPSA) is 22.1 Å². The van der Waals surface area contributed by atoms with Crippen LogP contribution in [-0.4, -0.2) is 11.6 Å². The van der Waals surface area contributed by atoms with Crippen LogP contribution in [0.4, 0.5) is 0 Å². The van der Waals surface area contributed by atoms with Gasteiger partial charge >= 0.3 is 0 Å². The number of aromatic nitrogens is 1. The van der Waals surface area contributed by atoms with Gasteiger partial charge in [0.05, 0.1) is 0 Å². The van der Waals surface area contributed by atoms with Crippen molar-refractivity contribution in [2.75, 3.05) is 6.61 Å². The molecule has 12 heavy (non-hydrogen) atoms. The van der Waals surface area contributed by atoms with Gasteiger partial charge in [-0.3, -0.25) is 0 Å². The molecule has 0 aliphatic heterocycles. The monoisotopic (exact) mass is 185 g/mol. The molecule has 0 aliphatic rings. The first kappa shape index (κ1) is 9.68. The van der Waals surface area contributed by atoms with Gasteiger partial charge in [-0.25, -0.2) is 4.98 Å². The van der Waals surface area contributed by atoms with E-state index in [-0.39, 0.29) is 6.10 Å². The molecule has 0 bridgehead atoms. The fraction of sp³-hybridized carbons (Fsp3) is 0.667. The molecule has 68 valence electrons. The van der Waals surface area contributed by atoms with Crippen LogP contribution in [0.15, 0.2) is 11.6 Å². The van der Waals surface area contributed by atoms with E-state index in [0.29, 0.717) is 0 Å². The number of rotatable bonds is 5. The SMILES string of the molecule is CCCC(OCC)c1nccs1. The van der Waals surface area contributed by atoms with Crippen LogP contribution in [-0.2, 0) is 4.74 Å². The van der Waals surface area contributed by atoms with Crippen molar-refractivity contribution in [2.45, 2.75) is 32.8 Å². The highest BCUT2D eigenvalue weighted by Gasteiger charge is 2.11. The first-order chi connectivity index (χ1) is 5.88. The van der Waals surface area contributed by atoms with Crippen molar-refractivity contribution in [1.29, 1.82) is 0 Å². The van der Waals surface area contributed by atoms with Gasteiger partial charge in [-0.1, -0.05) is 13.3 Å². The first-order valence-electron chi connectivity index (χ1n) is 4.39. The minimum atomic E-state index is 0.222. The maximum Gasteiger partial charge on any atom is 0.121 e. The molecule has 1 atom stereocenters. The van der Waals surface area contributed by atoms with Gasteiger partial charge in [-0.05, 0) is 13.3 Å². The molecule has 1 aromatic rings. The van der Waals surface area contributed by atoms with Crippen LogP contribution in [0.5, 0.6) is 0 Å². The van der Waals surface area contributed by atoms with Crippen molar-refractivity contribution in [3.05, 3.63) is 16.6 Å². The van der Waals surface area contributed by atoms with Crippen LogP contribution in [0.3, 0.4) is 0 Å². The Bertz CT molecular complexity index is 192. The molecule has 1 heterocycles. The summed E-state index contributed by atoms with van der Waals surface area (Å²) in [5, 5.41) is 3.11. The van der Waals surface area contributed by atoms with Gasteiger partial charge in [0, 0.05) is 18.2 Å². The molecule has 0 aromatic carbocycles. The Balaban J connectivity index is 2.53. The van der Waals surface area contributed by atoms with Gasteiger partial charge in [0.2, 0.25) is 0 Å². The van der Waals surface area contributed by atoms with Gasteiger partial charge in [-0.15, -0.1) is 11.3 Å². The summed E-state index contributed by atoms with van der Waals surface area (Å²) >= 11 is 1.67. The van der Waals surface area contributed by atoms with E-state index < -0.39 is 0 Å². The predicted molar refractivity (Wildman–Crippen MR) is 51.4 cm³/mol. The highest BCUT2D eigenvalue weighted by molar-refractivity contribution is 7.09. The van der Waals surface area contributed by atoms with Crippen LogP contribution in [0.25, 0.3) is 0 Å². The maximum atomic E-state index is 5.57. The normalized spacial score (nSPS) is 13.2. The Labute approximate surface area is 77.6 Å². The van der Waals surface area contributed by atoms with E-state index in [2.05, 4.69) is 11.9 Å². The Morgan fingerprint density at radius 1 is 1.58 bits per heavy atom. The fourth-order valence-corrected chi connectivity index (χ4v) is 1.86. The van der Waals surface area contributed by atoms with Crippen LogP contribution in [0.2, 0.25) is 0 Å². The fourth-order valence-electron chi connectivity index (χ4n) is 1.13. The molecular formula is C9H15NOS. The Morgan fingerprint density at radius 2 is 2.42 bits per heavy atom. The molecule has 2 nitrogen and oxygen atoms in total. The lowest BCUT2D eigenvalue weighted by Gasteiger charge is -2.12. The van der Waals surface area contributed by atoms with E-state index in [1.807, 2.05) is 18.5 Å². The van der Waals surface area contributed by atoms with E-state index in [9.17, 15) is 0 Å². The lowest BCUT2D eigenvalue weighted by molar-refractivity contribution is 0.0555. The Kier molecular flexibility index (Phi) is 4.25. The molecule has 0 aliphatic carbocycles. The predicted octanol–water partition coefficient (Wildman–Crippen LogP) is 3.02. The number of hydrogen-bond donors (Lipinski definition) is 0. The molecule has 1 aromatic heterocycles. The molecule has 0 spiro atoms. The molecule has 0 fully saturated rings. The van der Waals surface area contributed by atoms with Crippen molar-refractivity contribution >= 4 is 11.3 Å². The molecule has 0 radical (unpaired) electrons. The van der Waals surface area contributed by atoms with Gasteiger partial charge in [0.1, 0.15) is 11.1 Å². The summed E-state index contributed by atoms with van der Waals surface area (Å²) in [7, 11) is 0. The third-order valence-corrected chi connectivity index (χ3v) is 2.51. The molecular weight excluding hydrogens is 170 g/mol. The number of ether oxygens (including phenoxy) is 1. The maximum absolute atomic E-state index is 5.57. The van der Waals surface area contributed by atoms with E-state index in [1.165, 1.54) is 0 Å². The van der Waals surface area contributed by atoms with E-state index >= 15 is 0 Å². The number of hydrogen-bond acceptors (Lipinski definition) is 3. The second-order valence-electron chi connectivity index (χ2n) is 2.60. The van der Waals surface area contributed by atoms with Gasteiger partial charge in [0.15, 0.2) is 0 Å². The van der Waals surface area contributed by atoms with Gasteiger partial charge in [-0.2, -0.15) is 0 Å². The van der Waals surface area contributed by atoms with Crippen molar-refractivity contribution in [3.8, 4) is 0 Å². The Morgan fingerprint density at radius 3 is 2.92 bits per heavy atom. The standard InChI is InChI=1S/C9H15NOS/c1-3-5-8(11-4-2)9-10-6-7-12-9/h6-8H,3-5H2,1-2H3. The third kappa shape index (κ3) is 2.57. The summed E-state index contributed by atoms with van der Waals surface area (Å²) in [5.74, 6) is 0. The zero-order valence-electron chi connectivity index (χ0n) is 7.62. The molecule has 0 saturated carbocycles. The number of nitrogens with zero attached hydrogens (tertiary/aromatic N) is 1. The smallest absolute Gasteiger partial charge is 0.121 e. The molecule has 0 saturated heterocycles. The van der Waals surface area contributed by atoms with Gasteiger partial charge < -0.3 is 4.74 Å². The van der Waals surface area contributed by atoms with Gasteiger partial charge in [0.25, 0.3) is 0 Å². The third-order valence-electron chi connectivity index (χ3n) is 1.65. The summed E-state index contributed by atoms with van der Waals surface area (Å²) in [4.78, 5) is 4.25. The Hall–Kier alpha value is -0.410. The zero-order valence-corrected chi connectivity index (χ0v) is 8.43. The molecule has 0 amide bonds.